The van der Waals surface area contributed by atoms with E-state index in [2.05, 4.69) is 51.4 Å². The summed E-state index contributed by atoms with van der Waals surface area (Å²) < 4.78 is 5.05. The SMILES string of the molecule is CCOC(=O)N1CCN(c2nccc(Nc3ccc(CC)cc3)n2)CC1. The Kier molecular flexibility index (Phi) is 5.88. The number of hydrogen-bond donors (Lipinski definition) is 1. The summed E-state index contributed by atoms with van der Waals surface area (Å²) in [5.74, 6) is 1.43. The minimum Gasteiger partial charge on any atom is -0.450 e. The molecule has 2 aromatic rings. The standard InChI is InChI=1S/C19H25N5O2/c1-3-15-5-7-16(8-6-15)21-17-9-10-20-18(22-17)23-11-13-24(14-12-23)19(25)26-4-2/h5-10H,3-4,11-14H2,1-2H3,(H,20,21,22). The monoisotopic (exact) mass is 355 g/mol. The molecule has 26 heavy (non-hydrogen) atoms. The van der Waals surface area contributed by atoms with E-state index < -0.39 is 0 Å². The zero-order valence-corrected chi connectivity index (χ0v) is 15.3. The van der Waals surface area contributed by atoms with Crippen LogP contribution in [0.5, 0.6) is 0 Å². The number of nitrogens with zero attached hydrogens (tertiary/aromatic N) is 4. The second-order valence-corrected chi connectivity index (χ2v) is 6.09. The molecule has 1 amide bonds. The van der Waals surface area contributed by atoms with Gasteiger partial charge in [0, 0.05) is 38.1 Å². The van der Waals surface area contributed by atoms with Crippen molar-refractivity contribution < 1.29 is 9.53 Å². The van der Waals surface area contributed by atoms with E-state index in [1.54, 1.807) is 11.1 Å². The van der Waals surface area contributed by atoms with E-state index in [0.29, 0.717) is 38.7 Å². The van der Waals surface area contributed by atoms with Crippen molar-refractivity contribution in [2.75, 3.05) is 43.0 Å². The largest absolute Gasteiger partial charge is 0.450 e. The highest BCUT2D eigenvalue weighted by Gasteiger charge is 2.23. The maximum absolute atomic E-state index is 11.8. The molecule has 7 heteroatoms. The van der Waals surface area contributed by atoms with E-state index in [4.69, 9.17) is 4.74 Å². The molecule has 3 rings (SSSR count). The Balaban J connectivity index is 1.61. The molecule has 2 heterocycles. The molecule has 0 atom stereocenters. The first kappa shape index (κ1) is 18.0. The maximum Gasteiger partial charge on any atom is 0.409 e. The first-order valence-corrected chi connectivity index (χ1v) is 9.05. The molecule has 1 N–H and O–H groups in total. The minimum absolute atomic E-state index is 0.251. The predicted molar refractivity (Wildman–Crippen MR) is 102 cm³/mol. The lowest BCUT2D eigenvalue weighted by molar-refractivity contribution is 0.105. The van der Waals surface area contributed by atoms with Crippen LogP contribution in [0.4, 0.5) is 22.2 Å². The number of aryl methyl sites for hydroxylation is 1. The Hall–Kier alpha value is -2.83. The third-order valence-electron chi connectivity index (χ3n) is 4.37. The van der Waals surface area contributed by atoms with Crippen LogP contribution in [0, 0.1) is 0 Å². The lowest BCUT2D eigenvalue weighted by Crippen LogP contribution is -2.49. The van der Waals surface area contributed by atoms with Crippen LogP contribution < -0.4 is 10.2 Å². The Morgan fingerprint density at radius 1 is 1.12 bits per heavy atom. The number of rotatable bonds is 5. The van der Waals surface area contributed by atoms with Gasteiger partial charge >= 0.3 is 6.09 Å². The number of carbonyl (C=O) groups is 1. The fraction of sp³-hybridized carbons (Fsp3) is 0.421. The lowest BCUT2D eigenvalue weighted by atomic mass is 10.1. The van der Waals surface area contributed by atoms with Crippen LogP contribution in [0.25, 0.3) is 0 Å². The van der Waals surface area contributed by atoms with Crippen molar-refractivity contribution in [2.24, 2.45) is 0 Å². The third-order valence-corrected chi connectivity index (χ3v) is 4.37. The number of benzene rings is 1. The van der Waals surface area contributed by atoms with Crippen molar-refractivity contribution in [1.29, 1.82) is 0 Å². The second kappa shape index (κ2) is 8.51. The molecule has 0 saturated carbocycles. The average molecular weight is 355 g/mol. The molecule has 0 radical (unpaired) electrons. The van der Waals surface area contributed by atoms with Crippen molar-refractivity contribution in [3.05, 3.63) is 42.1 Å². The lowest BCUT2D eigenvalue weighted by Gasteiger charge is -2.34. The number of piperazine rings is 1. The average Bonchev–Trinajstić information content (AvgIpc) is 2.69. The summed E-state index contributed by atoms with van der Waals surface area (Å²) in [6, 6.07) is 10.2. The summed E-state index contributed by atoms with van der Waals surface area (Å²) >= 11 is 0. The van der Waals surface area contributed by atoms with Crippen molar-refractivity contribution in [3.63, 3.8) is 0 Å². The van der Waals surface area contributed by atoms with E-state index >= 15 is 0 Å². The van der Waals surface area contributed by atoms with Gasteiger partial charge in [0.1, 0.15) is 5.82 Å². The zero-order valence-electron chi connectivity index (χ0n) is 15.3. The summed E-state index contributed by atoms with van der Waals surface area (Å²) in [4.78, 5) is 24.6. The van der Waals surface area contributed by atoms with Crippen LogP contribution in [0.15, 0.2) is 36.5 Å². The number of amides is 1. The first-order chi connectivity index (χ1) is 12.7. The van der Waals surface area contributed by atoms with Gasteiger partial charge in [-0.25, -0.2) is 9.78 Å². The van der Waals surface area contributed by atoms with Gasteiger partial charge in [0.25, 0.3) is 0 Å². The fourth-order valence-electron chi connectivity index (χ4n) is 2.85. The molecule has 0 spiro atoms. The normalized spacial score (nSPS) is 14.2. The van der Waals surface area contributed by atoms with Crippen LogP contribution in [-0.4, -0.2) is 53.7 Å². The molecule has 7 nitrogen and oxygen atoms in total. The molecular formula is C19H25N5O2. The highest BCUT2D eigenvalue weighted by atomic mass is 16.6. The van der Waals surface area contributed by atoms with Crippen LogP contribution in [-0.2, 0) is 11.2 Å². The second-order valence-electron chi connectivity index (χ2n) is 6.09. The van der Waals surface area contributed by atoms with E-state index in [1.807, 2.05) is 13.0 Å². The third kappa shape index (κ3) is 4.41. The molecule has 0 bridgehead atoms. The number of aromatic nitrogens is 2. The highest BCUT2D eigenvalue weighted by molar-refractivity contribution is 5.68. The van der Waals surface area contributed by atoms with Gasteiger partial charge in [-0.3, -0.25) is 0 Å². The summed E-state index contributed by atoms with van der Waals surface area (Å²) in [5, 5.41) is 3.32. The van der Waals surface area contributed by atoms with Crippen molar-refractivity contribution in [1.82, 2.24) is 14.9 Å². The highest BCUT2D eigenvalue weighted by Crippen LogP contribution is 2.18. The van der Waals surface area contributed by atoms with Gasteiger partial charge in [0.15, 0.2) is 0 Å². The summed E-state index contributed by atoms with van der Waals surface area (Å²) in [7, 11) is 0. The summed E-state index contributed by atoms with van der Waals surface area (Å²) in [6.45, 7) is 6.95. The summed E-state index contributed by atoms with van der Waals surface area (Å²) in [6.07, 6.45) is 2.53. The van der Waals surface area contributed by atoms with Crippen LogP contribution in [0.3, 0.4) is 0 Å². The molecule has 1 saturated heterocycles. The first-order valence-electron chi connectivity index (χ1n) is 9.05. The van der Waals surface area contributed by atoms with Crippen LogP contribution in [0.2, 0.25) is 0 Å². The van der Waals surface area contributed by atoms with Crippen molar-refractivity contribution in [3.8, 4) is 0 Å². The number of carbonyl (C=O) groups excluding carboxylic acids is 1. The molecule has 1 aromatic heterocycles. The number of anilines is 3. The van der Waals surface area contributed by atoms with Gasteiger partial charge < -0.3 is 19.9 Å². The van der Waals surface area contributed by atoms with Gasteiger partial charge in [0.2, 0.25) is 5.95 Å². The molecule has 138 valence electrons. The van der Waals surface area contributed by atoms with E-state index in [9.17, 15) is 4.79 Å². The molecule has 1 fully saturated rings. The smallest absolute Gasteiger partial charge is 0.409 e. The Bertz CT molecular complexity index is 727. The van der Waals surface area contributed by atoms with E-state index in [-0.39, 0.29) is 6.09 Å². The molecule has 1 aliphatic rings. The van der Waals surface area contributed by atoms with Crippen LogP contribution >= 0.6 is 0 Å². The number of nitrogens with one attached hydrogen (secondary N) is 1. The number of ether oxygens (including phenoxy) is 1. The van der Waals surface area contributed by atoms with Crippen molar-refractivity contribution >= 4 is 23.5 Å². The predicted octanol–water partition coefficient (Wildman–Crippen LogP) is 3.06. The van der Waals surface area contributed by atoms with E-state index in [1.165, 1.54) is 5.56 Å². The Labute approximate surface area is 154 Å². The van der Waals surface area contributed by atoms with Gasteiger partial charge in [-0.05, 0) is 37.1 Å². The molecular weight excluding hydrogens is 330 g/mol. The Morgan fingerprint density at radius 3 is 2.50 bits per heavy atom. The maximum atomic E-state index is 11.8. The van der Waals surface area contributed by atoms with Crippen LogP contribution in [0.1, 0.15) is 19.4 Å². The fourth-order valence-corrected chi connectivity index (χ4v) is 2.85. The molecule has 0 aliphatic carbocycles. The topological polar surface area (TPSA) is 70.6 Å². The van der Waals surface area contributed by atoms with Gasteiger partial charge in [-0.2, -0.15) is 4.98 Å². The Morgan fingerprint density at radius 2 is 1.85 bits per heavy atom. The minimum atomic E-state index is -0.251. The molecule has 1 aromatic carbocycles. The van der Waals surface area contributed by atoms with Gasteiger partial charge in [-0.1, -0.05) is 19.1 Å². The quantitative estimate of drug-likeness (QED) is 0.889. The van der Waals surface area contributed by atoms with E-state index in [0.717, 1.165) is 17.9 Å². The summed E-state index contributed by atoms with van der Waals surface area (Å²) in [5.41, 5.74) is 2.30. The van der Waals surface area contributed by atoms with Crippen molar-refractivity contribution in [2.45, 2.75) is 20.3 Å². The van der Waals surface area contributed by atoms with Gasteiger partial charge in [-0.15, -0.1) is 0 Å². The molecule has 1 aliphatic heterocycles. The number of hydrogen-bond acceptors (Lipinski definition) is 6. The van der Waals surface area contributed by atoms with Gasteiger partial charge in [0.05, 0.1) is 6.61 Å². The molecule has 0 unspecified atom stereocenters. The zero-order chi connectivity index (χ0) is 18.4.